The molecule has 0 bridgehead atoms. The molecule has 0 amide bonds. The van der Waals surface area contributed by atoms with Crippen LogP contribution in [-0.2, 0) is 6.54 Å². The van der Waals surface area contributed by atoms with E-state index in [0.717, 1.165) is 12.2 Å². The lowest BCUT2D eigenvalue weighted by Gasteiger charge is -2.12. The van der Waals surface area contributed by atoms with Gasteiger partial charge in [-0.25, -0.2) is 4.98 Å². The molecule has 0 aliphatic heterocycles. The second kappa shape index (κ2) is 6.17. The molecule has 0 aliphatic carbocycles. The minimum atomic E-state index is -0.348. The zero-order chi connectivity index (χ0) is 11.1. The van der Waals surface area contributed by atoms with E-state index in [-0.39, 0.29) is 12.6 Å². The second-order valence-corrected chi connectivity index (χ2v) is 3.20. The van der Waals surface area contributed by atoms with Crippen molar-refractivity contribution in [3.63, 3.8) is 0 Å². The van der Waals surface area contributed by atoms with Gasteiger partial charge in [0.05, 0.1) is 24.3 Å². The van der Waals surface area contributed by atoms with Crippen LogP contribution in [0.25, 0.3) is 0 Å². The topological polar surface area (TPSA) is 73.9 Å². The molecule has 1 aromatic rings. The monoisotopic (exact) mass is 208 g/mol. The SMILES string of the molecule is CCn1cncc1C(C#N)NCCCO. The van der Waals surface area contributed by atoms with Gasteiger partial charge in [-0.1, -0.05) is 0 Å². The lowest BCUT2D eigenvalue weighted by molar-refractivity contribution is 0.284. The molecule has 1 atom stereocenters. The Morgan fingerprint density at radius 2 is 2.53 bits per heavy atom. The van der Waals surface area contributed by atoms with Crippen molar-refractivity contribution < 1.29 is 5.11 Å². The maximum Gasteiger partial charge on any atom is 0.138 e. The quantitative estimate of drug-likeness (QED) is 0.665. The Hall–Kier alpha value is -1.38. The molecule has 5 nitrogen and oxygen atoms in total. The summed E-state index contributed by atoms with van der Waals surface area (Å²) in [4.78, 5) is 4.01. The van der Waals surface area contributed by atoms with Crippen molar-refractivity contribution in [2.24, 2.45) is 0 Å². The van der Waals surface area contributed by atoms with Gasteiger partial charge in [0.1, 0.15) is 6.04 Å². The minimum Gasteiger partial charge on any atom is -0.396 e. The third-order valence-corrected chi connectivity index (χ3v) is 2.19. The summed E-state index contributed by atoms with van der Waals surface area (Å²) in [5.74, 6) is 0. The van der Waals surface area contributed by atoms with Crippen molar-refractivity contribution in [1.29, 1.82) is 5.26 Å². The number of nitrogens with one attached hydrogen (secondary N) is 1. The molecule has 1 heterocycles. The number of aliphatic hydroxyl groups is 1. The van der Waals surface area contributed by atoms with Crippen molar-refractivity contribution in [2.75, 3.05) is 13.2 Å². The van der Waals surface area contributed by atoms with Crippen LogP contribution in [0.4, 0.5) is 0 Å². The van der Waals surface area contributed by atoms with Crippen molar-refractivity contribution >= 4 is 0 Å². The maximum absolute atomic E-state index is 9.00. The average molecular weight is 208 g/mol. The van der Waals surface area contributed by atoms with Crippen LogP contribution in [-0.4, -0.2) is 27.8 Å². The second-order valence-electron chi connectivity index (χ2n) is 3.20. The summed E-state index contributed by atoms with van der Waals surface area (Å²) >= 11 is 0. The smallest absolute Gasteiger partial charge is 0.138 e. The van der Waals surface area contributed by atoms with E-state index in [9.17, 15) is 0 Å². The van der Waals surface area contributed by atoms with Crippen LogP contribution >= 0.6 is 0 Å². The Morgan fingerprint density at radius 3 is 3.13 bits per heavy atom. The fourth-order valence-electron chi connectivity index (χ4n) is 1.38. The zero-order valence-electron chi connectivity index (χ0n) is 8.85. The Balaban J connectivity index is 2.62. The number of nitrogens with zero attached hydrogens (tertiary/aromatic N) is 3. The van der Waals surface area contributed by atoms with Crippen LogP contribution < -0.4 is 5.32 Å². The Kier molecular flexibility index (Phi) is 4.81. The van der Waals surface area contributed by atoms with E-state index < -0.39 is 0 Å². The van der Waals surface area contributed by atoms with Crippen molar-refractivity contribution in [3.05, 3.63) is 18.2 Å². The summed E-state index contributed by atoms with van der Waals surface area (Å²) in [6.45, 7) is 3.57. The summed E-state index contributed by atoms with van der Waals surface area (Å²) in [7, 11) is 0. The standard InChI is InChI=1S/C10H16N4O/c1-2-14-8-12-7-10(14)9(6-11)13-4-3-5-15/h7-9,13,15H,2-5H2,1H3. The van der Waals surface area contributed by atoms with E-state index in [1.54, 1.807) is 12.5 Å². The molecule has 1 rings (SSSR count). The molecule has 0 aromatic carbocycles. The van der Waals surface area contributed by atoms with Gasteiger partial charge in [0.2, 0.25) is 0 Å². The molecular weight excluding hydrogens is 192 g/mol. The number of nitriles is 1. The highest BCUT2D eigenvalue weighted by molar-refractivity contribution is 5.13. The van der Waals surface area contributed by atoms with Crippen LogP contribution in [0.3, 0.4) is 0 Å². The molecular formula is C10H16N4O. The van der Waals surface area contributed by atoms with Gasteiger partial charge in [0, 0.05) is 13.2 Å². The molecule has 82 valence electrons. The van der Waals surface area contributed by atoms with Gasteiger partial charge in [-0.15, -0.1) is 0 Å². The molecule has 0 spiro atoms. The Labute approximate surface area is 89.4 Å². The molecule has 1 aromatic heterocycles. The third kappa shape index (κ3) is 3.05. The van der Waals surface area contributed by atoms with Gasteiger partial charge in [-0.05, 0) is 19.9 Å². The first-order valence-electron chi connectivity index (χ1n) is 5.07. The van der Waals surface area contributed by atoms with E-state index in [1.165, 1.54) is 0 Å². The van der Waals surface area contributed by atoms with Crippen molar-refractivity contribution in [2.45, 2.75) is 25.9 Å². The van der Waals surface area contributed by atoms with Crippen LogP contribution in [0.5, 0.6) is 0 Å². The van der Waals surface area contributed by atoms with Gasteiger partial charge in [-0.2, -0.15) is 5.26 Å². The molecule has 5 heteroatoms. The van der Waals surface area contributed by atoms with E-state index >= 15 is 0 Å². The minimum absolute atomic E-state index is 0.137. The number of rotatable bonds is 6. The summed E-state index contributed by atoms with van der Waals surface area (Å²) in [5, 5.41) is 20.7. The largest absolute Gasteiger partial charge is 0.396 e. The average Bonchev–Trinajstić information content (AvgIpc) is 2.72. The van der Waals surface area contributed by atoms with Gasteiger partial charge in [-0.3, -0.25) is 5.32 Å². The molecule has 0 saturated carbocycles. The first kappa shape index (κ1) is 11.7. The van der Waals surface area contributed by atoms with E-state index in [2.05, 4.69) is 16.4 Å². The number of aliphatic hydroxyl groups excluding tert-OH is 1. The lowest BCUT2D eigenvalue weighted by Crippen LogP contribution is -2.23. The Bertz CT molecular complexity index is 328. The molecule has 0 fully saturated rings. The molecule has 0 radical (unpaired) electrons. The van der Waals surface area contributed by atoms with Gasteiger partial charge in [0.15, 0.2) is 0 Å². The number of aryl methyl sites for hydroxylation is 1. The van der Waals surface area contributed by atoms with E-state index in [4.69, 9.17) is 10.4 Å². The zero-order valence-corrected chi connectivity index (χ0v) is 8.85. The Morgan fingerprint density at radius 1 is 1.73 bits per heavy atom. The summed E-state index contributed by atoms with van der Waals surface area (Å²) in [6, 6.07) is 1.84. The number of imidazole rings is 1. The van der Waals surface area contributed by atoms with Gasteiger partial charge < -0.3 is 9.67 Å². The molecule has 0 saturated heterocycles. The fraction of sp³-hybridized carbons (Fsp3) is 0.600. The third-order valence-electron chi connectivity index (χ3n) is 2.19. The van der Waals surface area contributed by atoms with E-state index in [0.29, 0.717) is 13.0 Å². The van der Waals surface area contributed by atoms with Crippen LogP contribution in [0, 0.1) is 11.3 Å². The molecule has 0 aliphatic rings. The lowest BCUT2D eigenvalue weighted by atomic mass is 10.2. The summed E-state index contributed by atoms with van der Waals surface area (Å²) in [6.07, 6.45) is 4.06. The summed E-state index contributed by atoms with van der Waals surface area (Å²) < 4.78 is 1.93. The highest BCUT2D eigenvalue weighted by atomic mass is 16.3. The molecule has 15 heavy (non-hydrogen) atoms. The number of hydrogen-bond acceptors (Lipinski definition) is 4. The number of aromatic nitrogens is 2. The highest BCUT2D eigenvalue weighted by Gasteiger charge is 2.13. The van der Waals surface area contributed by atoms with Crippen LogP contribution in [0.2, 0.25) is 0 Å². The van der Waals surface area contributed by atoms with Crippen LogP contribution in [0.1, 0.15) is 25.1 Å². The summed E-state index contributed by atoms with van der Waals surface area (Å²) in [5.41, 5.74) is 0.873. The first-order chi connectivity index (χ1) is 7.33. The fourth-order valence-corrected chi connectivity index (χ4v) is 1.38. The predicted octanol–water partition coefficient (Wildman–Crippen LogP) is 0.440. The highest BCUT2D eigenvalue weighted by Crippen LogP contribution is 2.11. The van der Waals surface area contributed by atoms with Crippen molar-refractivity contribution in [1.82, 2.24) is 14.9 Å². The van der Waals surface area contributed by atoms with Gasteiger partial charge in [0.25, 0.3) is 0 Å². The van der Waals surface area contributed by atoms with Crippen molar-refractivity contribution in [3.8, 4) is 6.07 Å². The van der Waals surface area contributed by atoms with Gasteiger partial charge >= 0.3 is 0 Å². The van der Waals surface area contributed by atoms with E-state index in [1.807, 2.05) is 11.5 Å². The predicted molar refractivity (Wildman–Crippen MR) is 56.0 cm³/mol. The molecule has 2 N–H and O–H groups in total. The normalized spacial score (nSPS) is 12.3. The maximum atomic E-state index is 9.00. The van der Waals surface area contributed by atoms with Crippen LogP contribution in [0.15, 0.2) is 12.5 Å². The first-order valence-corrected chi connectivity index (χ1v) is 5.07. The molecule has 1 unspecified atom stereocenters. The number of hydrogen-bond donors (Lipinski definition) is 2.